The first-order valence-corrected chi connectivity index (χ1v) is 10.6. The van der Waals surface area contributed by atoms with E-state index in [9.17, 15) is 19.8 Å². The van der Waals surface area contributed by atoms with Gasteiger partial charge in [-0.3, -0.25) is 9.20 Å². The standard InChI is InChI=1S/C18H21N3O4S2/c1-7(2)27-15-17-20(6-19-15)10(5-26-17)11-8(3)13-12(9(4)22)16(23)21(13)14(11)18(24)25/h5-9,12-13,22H,1-4H3,(H,24,25)/t8-,9+,12+,13+/m0/s1. The summed E-state index contributed by atoms with van der Waals surface area (Å²) in [6.07, 6.45) is 0.912. The molecule has 1 saturated heterocycles. The summed E-state index contributed by atoms with van der Waals surface area (Å²) in [5.74, 6) is -2.18. The van der Waals surface area contributed by atoms with Crippen LogP contribution in [0.4, 0.5) is 0 Å². The number of carboxylic acids is 1. The zero-order valence-electron chi connectivity index (χ0n) is 15.4. The molecule has 27 heavy (non-hydrogen) atoms. The lowest BCUT2D eigenvalue weighted by Crippen LogP contribution is -2.63. The van der Waals surface area contributed by atoms with Gasteiger partial charge in [-0.25, -0.2) is 9.78 Å². The quantitative estimate of drug-likeness (QED) is 0.584. The van der Waals surface area contributed by atoms with Crippen molar-refractivity contribution in [2.45, 2.75) is 50.1 Å². The van der Waals surface area contributed by atoms with E-state index in [2.05, 4.69) is 18.8 Å². The minimum Gasteiger partial charge on any atom is -0.477 e. The van der Waals surface area contributed by atoms with E-state index >= 15 is 0 Å². The summed E-state index contributed by atoms with van der Waals surface area (Å²) < 4.78 is 1.91. The summed E-state index contributed by atoms with van der Waals surface area (Å²) in [5, 5.41) is 23.0. The van der Waals surface area contributed by atoms with Crippen molar-refractivity contribution in [3.8, 4) is 0 Å². The van der Waals surface area contributed by atoms with Crippen LogP contribution in [0.5, 0.6) is 0 Å². The van der Waals surface area contributed by atoms with Crippen LogP contribution in [-0.2, 0) is 9.59 Å². The van der Waals surface area contributed by atoms with Crippen LogP contribution in [0.15, 0.2) is 22.4 Å². The molecule has 4 atom stereocenters. The number of carbonyl (C=O) groups excluding carboxylic acids is 1. The lowest BCUT2D eigenvalue weighted by molar-refractivity contribution is -0.163. The highest BCUT2D eigenvalue weighted by atomic mass is 32.2. The first kappa shape index (κ1) is 18.5. The first-order valence-electron chi connectivity index (χ1n) is 8.84. The third-order valence-electron chi connectivity index (χ3n) is 5.23. The molecule has 2 aliphatic rings. The van der Waals surface area contributed by atoms with E-state index < -0.39 is 18.0 Å². The molecule has 7 nitrogen and oxygen atoms in total. The van der Waals surface area contributed by atoms with Gasteiger partial charge in [0, 0.05) is 22.1 Å². The number of fused-ring (bicyclic) bond motifs is 2. The van der Waals surface area contributed by atoms with E-state index in [0.717, 1.165) is 15.6 Å². The predicted octanol–water partition coefficient (Wildman–Crippen LogP) is 2.55. The highest BCUT2D eigenvalue weighted by Gasteiger charge is 2.60. The molecule has 4 rings (SSSR count). The number of hydrogen-bond acceptors (Lipinski definition) is 6. The minimum atomic E-state index is -1.12. The van der Waals surface area contributed by atoms with Crippen LogP contribution in [0.3, 0.4) is 0 Å². The van der Waals surface area contributed by atoms with Crippen LogP contribution in [0.25, 0.3) is 10.4 Å². The molecular formula is C18H21N3O4S2. The Labute approximate surface area is 164 Å². The second-order valence-electron chi connectivity index (χ2n) is 7.33. The average Bonchev–Trinajstić information content (AvgIpc) is 3.19. The van der Waals surface area contributed by atoms with E-state index in [1.54, 1.807) is 25.0 Å². The number of carboxylic acid groups (broad SMARTS) is 1. The van der Waals surface area contributed by atoms with Crippen molar-refractivity contribution in [1.82, 2.24) is 14.3 Å². The molecule has 1 fully saturated rings. The highest BCUT2D eigenvalue weighted by molar-refractivity contribution is 8.00. The highest BCUT2D eigenvalue weighted by Crippen LogP contribution is 2.51. The number of β-lactam (4-membered cyclic amide) rings is 1. The third kappa shape index (κ3) is 2.55. The predicted molar refractivity (Wildman–Crippen MR) is 104 cm³/mol. The molecular weight excluding hydrogens is 386 g/mol. The van der Waals surface area contributed by atoms with Gasteiger partial charge in [-0.05, 0) is 6.92 Å². The Hall–Kier alpha value is -1.84. The largest absolute Gasteiger partial charge is 0.477 e. The molecule has 2 aliphatic heterocycles. The first-order chi connectivity index (χ1) is 12.7. The van der Waals surface area contributed by atoms with E-state index in [-0.39, 0.29) is 23.6 Å². The molecule has 0 saturated carbocycles. The molecule has 0 radical (unpaired) electrons. The summed E-state index contributed by atoms with van der Waals surface area (Å²) in [6, 6.07) is -0.318. The number of rotatable bonds is 5. The number of thioether (sulfide) groups is 1. The zero-order chi connectivity index (χ0) is 19.6. The Morgan fingerprint density at radius 2 is 2.07 bits per heavy atom. The smallest absolute Gasteiger partial charge is 0.352 e. The van der Waals surface area contributed by atoms with Crippen LogP contribution < -0.4 is 0 Å². The van der Waals surface area contributed by atoms with Crippen LogP contribution in [0.1, 0.15) is 33.4 Å². The second kappa shape index (κ2) is 6.35. The Kier molecular flexibility index (Phi) is 4.36. The molecule has 144 valence electrons. The topological polar surface area (TPSA) is 95.1 Å². The number of aliphatic carboxylic acids is 1. The van der Waals surface area contributed by atoms with Gasteiger partial charge < -0.3 is 15.1 Å². The van der Waals surface area contributed by atoms with Crippen molar-refractivity contribution >= 4 is 45.4 Å². The lowest BCUT2D eigenvalue weighted by Gasteiger charge is -2.46. The lowest BCUT2D eigenvalue weighted by atomic mass is 9.77. The minimum absolute atomic E-state index is 0.0286. The fourth-order valence-electron chi connectivity index (χ4n) is 4.17. The summed E-state index contributed by atoms with van der Waals surface area (Å²) in [7, 11) is 0. The molecule has 0 bridgehead atoms. The molecule has 0 aliphatic carbocycles. The van der Waals surface area contributed by atoms with Crippen molar-refractivity contribution in [3.05, 3.63) is 23.1 Å². The van der Waals surface area contributed by atoms with Gasteiger partial charge >= 0.3 is 5.97 Å². The number of nitrogens with zero attached hydrogens (tertiary/aromatic N) is 3. The van der Waals surface area contributed by atoms with Crippen molar-refractivity contribution in [2.75, 3.05) is 0 Å². The second-order valence-corrected chi connectivity index (χ2v) is 9.76. The van der Waals surface area contributed by atoms with Crippen LogP contribution >= 0.6 is 23.1 Å². The van der Waals surface area contributed by atoms with Gasteiger partial charge in [0.25, 0.3) is 0 Å². The number of hydrogen-bond donors (Lipinski definition) is 2. The Balaban J connectivity index is 1.83. The van der Waals surface area contributed by atoms with Crippen molar-refractivity contribution in [3.63, 3.8) is 0 Å². The van der Waals surface area contributed by atoms with Crippen LogP contribution in [0, 0.1) is 11.8 Å². The van der Waals surface area contributed by atoms with Crippen molar-refractivity contribution in [1.29, 1.82) is 0 Å². The van der Waals surface area contributed by atoms with Gasteiger partial charge in [0.1, 0.15) is 21.9 Å². The summed E-state index contributed by atoms with van der Waals surface area (Å²) in [5.41, 5.74) is 1.42. The number of imidazole rings is 1. The third-order valence-corrected chi connectivity index (χ3v) is 7.31. The van der Waals surface area contributed by atoms with Gasteiger partial charge in [0.2, 0.25) is 5.91 Å². The fourth-order valence-corrected chi connectivity index (χ4v) is 6.09. The average molecular weight is 408 g/mol. The van der Waals surface area contributed by atoms with E-state index in [1.165, 1.54) is 16.2 Å². The SMILES string of the molecule is CC(C)Sc1ncn2c(C3=C(C(=O)O)N4C(=O)[C@H]([C@@H](C)O)[C@H]4[C@H]3C)csc12. The van der Waals surface area contributed by atoms with Gasteiger partial charge in [-0.2, -0.15) is 0 Å². The zero-order valence-corrected chi connectivity index (χ0v) is 17.0. The van der Waals surface area contributed by atoms with E-state index in [0.29, 0.717) is 10.8 Å². The van der Waals surface area contributed by atoms with Crippen molar-refractivity contribution in [2.24, 2.45) is 11.8 Å². The van der Waals surface area contributed by atoms with E-state index in [1.807, 2.05) is 16.7 Å². The molecule has 9 heteroatoms. The number of aliphatic hydroxyl groups is 1. The van der Waals surface area contributed by atoms with Gasteiger partial charge in [0.05, 0.1) is 23.8 Å². The maximum atomic E-state index is 12.5. The molecule has 0 spiro atoms. The molecule has 4 heterocycles. The Bertz CT molecular complexity index is 975. The van der Waals surface area contributed by atoms with Gasteiger partial charge in [-0.15, -0.1) is 23.1 Å². The molecule has 2 aromatic heterocycles. The summed E-state index contributed by atoms with van der Waals surface area (Å²) in [4.78, 5) is 31.3. The Morgan fingerprint density at radius 1 is 1.37 bits per heavy atom. The summed E-state index contributed by atoms with van der Waals surface area (Å²) in [6.45, 7) is 7.70. The monoisotopic (exact) mass is 407 g/mol. The molecule has 1 amide bonds. The van der Waals surface area contributed by atoms with Crippen molar-refractivity contribution < 1.29 is 19.8 Å². The fraction of sp³-hybridized carbons (Fsp3) is 0.500. The van der Waals surface area contributed by atoms with Gasteiger partial charge in [-0.1, -0.05) is 20.8 Å². The number of aromatic nitrogens is 2. The normalized spacial score (nSPS) is 26.1. The maximum Gasteiger partial charge on any atom is 0.352 e. The molecule has 0 unspecified atom stereocenters. The summed E-state index contributed by atoms with van der Waals surface area (Å²) >= 11 is 3.19. The van der Waals surface area contributed by atoms with Gasteiger partial charge in [0.15, 0.2) is 0 Å². The number of thiazole rings is 1. The van der Waals surface area contributed by atoms with Crippen LogP contribution in [-0.4, -0.2) is 53.8 Å². The Morgan fingerprint density at radius 3 is 2.67 bits per heavy atom. The molecule has 2 aromatic rings. The number of aliphatic hydroxyl groups excluding tert-OH is 1. The van der Waals surface area contributed by atoms with E-state index in [4.69, 9.17) is 0 Å². The number of amides is 1. The van der Waals surface area contributed by atoms with Crippen LogP contribution in [0.2, 0.25) is 0 Å². The maximum absolute atomic E-state index is 12.5. The molecule has 0 aromatic carbocycles. The molecule has 2 N–H and O–H groups in total. The number of carbonyl (C=O) groups is 2.